The summed E-state index contributed by atoms with van der Waals surface area (Å²) < 4.78 is 7.33. The summed E-state index contributed by atoms with van der Waals surface area (Å²) in [6.07, 6.45) is 5.99. The monoisotopic (exact) mass is 247 g/mol. The second-order valence-corrected chi connectivity index (χ2v) is 4.14. The summed E-state index contributed by atoms with van der Waals surface area (Å²) >= 11 is 6.15. The summed E-state index contributed by atoms with van der Waals surface area (Å²) in [4.78, 5) is 0. The highest BCUT2D eigenvalue weighted by Gasteiger charge is 2.03. The third kappa shape index (κ3) is 2.53. The van der Waals surface area contributed by atoms with Crippen LogP contribution in [0.1, 0.15) is 11.3 Å². The maximum Gasteiger partial charge on any atom is 0.127 e. The lowest BCUT2D eigenvalue weighted by Gasteiger charge is -2.06. The molecule has 1 heterocycles. The molecule has 1 aromatic carbocycles. The highest BCUT2D eigenvalue weighted by atomic mass is 35.5. The fourth-order valence-corrected chi connectivity index (χ4v) is 1.90. The molecule has 3 heteroatoms. The van der Waals surface area contributed by atoms with Crippen LogP contribution in [0.4, 0.5) is 0 Å². The topological polar surface area (TPSA) is 14.2 Å². The molecule has 2 rings (SSSR count). The van der Waals surface area contributed by atoms with Crippen molar-refractivity contribution in [3.8, 4) is 5.75 Å². The standard InChI is InChI=1S/C14H14ClNO/c1-16-10-4-5-11(16)8-9-12-13(15)6-3-7-14(12)17-2/h3-10H,1-2H3. The highest BCUT2D eigenvalue weighted by Crippen LogP contribution is 2.28. The number of hydrogen-bond donors (Lipinski definition) is 0. The molecule has 17 heavy (non-hydrogen) atoms. The molecule has 0 fully saturated rings. The van der Waals surface area contributed by atoms with Crippen LogP contribution in [-0.4, -0.2) is 11.7 Å². The zero-order chi connectivity index (χ0) is 12.3. The van der Waals surface area contributed by atoms with E-state index in [2.05, 4.69) is 0 Å². The van der Waals surface area contributed by atoms with Crippen LogP contribution >= 0.6 is 11.6 Å². The molecule has 0 atom stereocenters. The van der Waals surface area contributed by atoms with Crippen LogP contribution in [0.2, 0.25) is 5.02 Å². The van der Waals surface area contributed by atoms with Gasteiger partial charge < -0.3 is 9.30 Å². The van der Waals surface area contributed by atoms with Gasteiger partial charge in [-0.15, -0.1) is 0 Å². The molecule has 0 saturated carbocycles. The molecule has 0 unspecified atom stereocenters. The van der Waals surface area contributed by atoms with Crippen molar-refractivity contribution in [1.82, 2.24) is 4.57 Å². The Kier molecular flexibility index (Phi) is 3.55. The maximum atomic E-state index is 6.15. The van der Waals surface area contributed by atoms with E-state index < -0.39 is 0 Å². The Labute approximate surface area is 106 Å². The minimum Gasteiger partial charge on any atom is -0.496 e. The third-order valence-electron chi connectivity index (χ3n) is 2.64. The zero-order valence-corrected chi connectivity index (χ0v) is 10.6. The van der Waals surface area contributed by atoms with Gasteiger partial charge in [0.2, 0.25) is 0 Å². The summed E-state index contributed by atoms with van der Waals surface area (Å²) in [6.45, 7) is 0. The summed E-state index contributed by atoms with van der Waals surface area (Å²) in [5.41, 5.74) is 2.02. The lowest BCUT2D eigenvalue weighted by Crippen LogP contribution is -1.89. The minimum atomic E-state index is 0.690. The van der Waals surface area contributed by atoms with Crippen molar-refractivity contribution < 1.29 is 4.74 Å². The molecule has 0 spiro atoms. The van der Waals surface area contributed by atoms with E-state index in [1.165, 1.54) is 0 Å². The number of halogens is 1. The van der Waals surface area contributed by atoms with Crippen LogP contribution < -0.4 is 4.74 Å². The molecular formula is C14H14ClNO. The van der Waals surface area contributed by atoms with E-state index in [4.69, 9.17) is 16.3 Å². The van der Waals surface area contributed by atoms with Gasteiger partial charge in [-0.25, -0.2) is 0 Å². The van der Waals surface area contributed by atoms with Crippen molar-refractivity contribution in [1.29, 1.82) is 0 Å². The predicted molar refractivity (Wildman–Crippen MR) is 72.3 cm³/mol. The number of aryl methyl sites for hydroxylation is 1. The second kappa shape index (κ2) is 5.11. The molecule has 0 aliphatic rings. The van der Waals surface area contributed by atoms with Crippen molar-refractivity contribution >= 4 is 23.8 Å². The van der Waals surface area contributed by atoms with Crippen LogP contribution in [0, 0.1) is 0 Å². The van der Waals surface area contributed by atoms with Gasteiger partial charge in [0.15, 0.2) is 0 Å². The molecule has 0 aliphatic heterocycles. The van der Waals surface area contributed by atoms with Gasteiger partial charge in [-0.3, -0.25) is 0 Å². The Morgan fingerprint density at radius 1 is 1.18 bits per heavy atom. The van der Waals surface area contributed by atoms with Crippen molar-refractivity contribution in [3.05, 3.63) is 52.8 Å². The summed E-state index contributed by atoms with van der Waals surface area (Å²) in [7, 11) is 3.65. The Hall–Kier alpha value is -1.67. The van der Waals surface area contributed by atoms with Crippen LogP contribution in [0.5, 0.6) is 5.75 Å². The Morgan fingerprint density at radius 3 is 2.65 bits per heavy atom. The molecule has 2 aromatic rings. The SMILES string of the molecule is COc1cccc(Cl)c1C=Cc1cccn1C. The average Bonchev–Trinajstić information content (AvgIpc) is 2.73. The number of benzene rings is 1. The predicted octanol–water partition coefficient (Wildman–Crippen LogP) is 3.86. The highest BCUT2D eigenvalue weighted by molar-refractivity contribution is 6.32. The van der Waals surface area contributed by atoms with Gasteiger partial charge in [-0.2, -0.15) is 0 Å². The fourth-order valence-electron chi connectivity index (χ4n) is 1.67. The summed E-state index contributed by atoms with van der Waals surface area (Å²) in [5, 5.41) is 0.690. The van der Waals surface area contributed by atoms with Gasteiger partial charge in [-0.1, -0.05) is 17.7 Å². The van der Waals surface area contributed by atoms with Gasteiger partial charge in [0.05, 0.1) is 12.1 Å². The third-order valence-corrected chi connectivity index (χ3v) is 2.97. The number of hydrogen-bond acceptors (Lipinski definition) is 1. The Morgan fingerprint density at radius 2 is 2.00 bits per heavy atom. The summed E-state index contributed by atoms with van der Waals surface area (Å²) in [6, 6.07) is 9.68. The van der Waals surface area contributed by atoms with Gasteiger partial charge in [-0.05, 0) is 36.4 Å². The molecular weight excluding hydrogens is 234 g/mol. The van der Waals surface area contributed by atoms with Gasteiger partial charge in [0, 0.05) is 24.5 Å². The molecule has 0 saturated heterocycles. The van der Waals surface area contributed by atoms with E-state index in [9.17, 15) is 0 Å². The molecule has 0 radical (unpaired) electrons. The first-order valence-corrected chi connectivity index (χ1v) is 5.72. The van der Waals surface area contributed by atoms with Gasteiger partial charge >= 0.3 is 0 Å². The molecule has 0 amide bonds. The van der Waals surface area contributed by atoms with E-state index in [0.717, 1.165) is 17.0 Å². The fraction of sp³-hybridized carbons (Fsp3) is 0.143. The van der Waals surface area contributed by atoms with E-state index in [1.54, 1.807) is 7.11 Å². The molecule has 2 nitrogen and oxygen atoms in total. The van der Waals surface area contributed by atoms with Crippen LogP contribution in [0.3, 0.4) is 0 Å². The zero-order valence-electron chi connectivity index (χ0n) is 9.85. The first-order chi connectivity index (χ1) is 8.22. The smallest absolute Gasteiger partial charge is 0.127 e. The van der Waals surface area contributed by atoms with Gasteiger partial charge in [0.1, 0.15) is 5.75 Å². The van der Waals surface area contributed by atoms with Crippen molar-refractivity contribution in [2.24, 2.45) is 7.05 Å². The van der Waals surface area contributed by atoms with Crippen LogP contribution in [0.25, 0.3) is 12.2 Å². The largest absolute Gasteiger partial charge is 0.496 e. The number of aromatic nitrogens is 1. The quantitative estimate of drug-likeness (QED) is 0.804. The molecule has 0 bridgehead atoms. The number of nitrogens with zero attached hydrogens (tertiary/aromatic N) is 1. The number of rotatable bonds is 3. The number of methoxy groups -OCH3 is 1. The van der Waals surface area contributed by atoms with E-state index in [0.29, 0.717) is 5.02 Å². The van der Waals surface area contributed by atoms with Crippen molar-refractivity contribution in [2.45, 2.75) is 0 Å². The molecule has 88 valence electrons. The lowest BCUT2D eigenvalue weighted by atomic mass is 10.1. The Balaban J connectivity index is 2.36. The van der Waals surface area contributed by atoms with Gasteiger partial charge in [0.25, 0.3) is 0 Å². The van der Waals surface area contributed by atoms with Crippen LogP contribution in [0.15, 0.2) is 36.5 Å². The normalized spacial score (nSPS) is 11.0. The molecule has 0 N–H and O–H groups in total. The Bertz CT molecular complexity index is 543. The molecule has 1 aromatic heterocycles. The second-order valence-electron chi connectivity index (χ2n) is 3.73. The van der Waals surface area contributed by atoms with E-state index in [-0.39, 0.29) is 0 Å². The maximum absolute atomic E-state index is 6.15. The first kappa shape index (κ1) is 11.8. The number of ether oxygens (including phenoxy) is 1. The van der Waals surface area contributed by atoms with E-state index in [1.807, 2.05) is 60.3 Å². The van der Waals surface area contributed by atoms with Crippen LogP contribution in [-0.2, 0) is 7.05 Å². The van der Waals surface area contributed by atoms with Crippen molar-refractivity contribution in [2.75, 3.05) is 7.11 Å². The van der Waals surface area contributed by atoms with Crippen molar-refractivity contribution in [3.63, 3.8) is 0 Å². The summed E-state index contributed by atoms with van der Waals surface area (Å²) in [5.74, 6) is 0.781. The average molecular weight is 248 g/mol. The first-order valence-electron chi connectivity index (χ1n) is 5.34. The van der Waals surface area contributed by atoms with E-state index >= 15 is 0 Å². The lowest BCUT2D eigenvalue weighted by molar-refractivity contribution is 0.414. The minimum absolute atomic E-state index is 0.690. The molecule has 0 aliphatic carbocycles.